The van der Waals surface area contributed by atoms with E-state index in [-0.39, 0.29) is 11.6 Å². The third kappa shape index (κ3) is 3.72. The Hall–Kier alpha value is -2.88. The van der Waals surface area contributed by atoms with Crippen molar-refractivity contribution < 1.29 is 9.13 Å². The van der Waals surface area contributed by atoms with Gasteiger partial charge in [0.25, 0.3) is 0 Å². The van der Waals surface area contributed by atoms with Gasteiger partial charge in [-0.25, -0.2) is 4.39 Å². The molecule has 1 aliphatic rings. The van der Waals surface area contributed by atoms with Crippen LogP contribution in [-0.2, 0) is 13.1 Å². The van der Waals surface area contributed by atoms with E-state index in [0.29, 0.717) is 0 Å². The molecule has 0 radical (unpaired) electrons. The molecule has 3 aromatic rings. The van der Waals surface area contributed by atoms with Crippen LogP contribution in [0.1, 0.15) is 16.7 Å². The molecule has 0 bridgehead atoms. The first kappa shape index (κ1) is 18.5. The van der Waals surface area contributed by atoms with Crippen LogP contribution >= 0.6 is 0 Å². The molecular formula is C22H23FN4O. The van der Waals surface area contributed by atoms with Crippen LogP contribution in [0.5, 0.6) is 5.75 Å². The summed E-state index contributed by atoms with van der Waals surface area (Å²) in [5.41, 5.74) is 3.74. The van der Waals surface area contributed by atoms with Crippen molar-refractivity contribution in [1.82, 2.24) is 14.2 Å². The predicted octanol–water partition coefficient (Wildman–Crippen LogP) is 3.28. The standard InChI is InChI=1S/C22H23FN4O/c1-28-22-6-5-17(12-20(22)23)14-25-8-10-26(11-9-25)15-18-16-27-7-3-2-4-21(27)19(18)13-24/h2-7,12,16H,8-11,14-15H2,1H3. The molecule has 4 rings (SSSR count). The van der Waals surface area contributed by atoms with Gasteiger partial charge in [-0.2, -0.15) is 5.26 Å². The molecule has 2 aromatic heterocycles. The number of nitriles is 1. The largest absolute Gasteiger partial charge is 0.494 e. The number of hydrogen-bond donors (Lipinski definition) is 0. The number of nitrogens with zero attached hydrogens (tertiary/aromatic N) is 4. The number of halogens is 1. The van der Waals surface area contributed by atoms with E-state index >= 15 is 0 Å². The molecule has 1 fully saturated rings. The number of pyridine rings is 1. The van der Waals surface area contributed by atoms with Crippen LogP contribution in [-0.4, -0.2) is 47.5 Å². The molecule has 1 aromatic carbocycles. The van der Waals surface area contributed by atoms with Crippen molar-refractivity contribution in [3.8, 4) is 11.8 Å². The van der Waals surface area contributed by atoms with E-state index in [9.17, 15) is 9.65 Å². The van der Waals surface area contributed by atoms with Crippen LogP contribution in [0.3, 0.4) is 0 Å². The molecule has 0 aliphatic carbocycles. The topological polar surface area (TPSA) is 43.9 Å². The highest BCUT2D eigenvalue weighted by Gasteiger charge is 2.20. The second kappa shape index (κ2) is 8.01. The Morgan fingerprint density at radius 1 is 1.07 bits per heavy atom. The summed E-state index contributed by atoms with van der Waals surface area (Å²) in [5.74, 6) is -0.0368. The minimum atomic E-state index is -0.316. The van der Waals surface area contributed by atoms with Gasteiger partial charge in [0, 0.05) is 57.2 Å². The Bertz CT molecular complexity index is 1020. The van der Waals surface area contributed by atoms with Crippen molar-refractivity contribution in [1.29, 1.82) is 5.26 Å². The van der Waals surface area contributed by atoms with Gasteiger partial charge in [-0.15, -0.1) is 0 Å². The highest BCUT2D eigenvalue weighted by molar-refractivity contribution is 5.65. The maximum absolute atomic E-state index is 13.9. The van der Waals surface area contributed by atoms with Crippen molar-refractivity contribution in [2.24, 2.45) is 0 Å². The summed E-state index contributed by atoms with van der Waals surface area (Å²) in [6, 6.07) is 13.4. The second-order valence-corrected chi connectivity index (χ2v) is 7.16. The van der Waals surface area contributed by atoms with E-state index in [1.165, 1.54) is 7.11 Å². The van der Waals surface area contributed by atoms with Gasteiger partial charge in [-0.3, -0.25) is 9.80 Å². The number of aromatic nitrogens is 1. The number of methoxy groups -OCH3 is 1. The van der Waals surface area contributed by atoms with E-state index in [1.54, 1.807) is 12.1 Å². The minimum Gasteiger partial charge on any atom is -0.494 e. The lowest BCUT2D eigenvalue weighted by Crippen LogP contribution is -2.45. The quantitative estimate of drug-likeness (QED) is 0.684. The van der Waals surface area contributed by atoms with Crippen molar-refractivity contribution in [2.75, 3.05) is 33.3 Å². The molecule has 1 saturated heterocycles. The fourth-order valence-electron chi connectivity index (χ4n) is 3.84. The minimum absolute atomic E-state index is 0.279. The zero-order valence-electron chi connectivity index (χ0n) is 15.9. The van der Waals surface area contributed by atoms with Gasteiger partial charge in [-0.05, 0) is 29.8 Å². The fraction of sp³-hybridized carbons (Fsp3) is 0.318. The van der Waals surface area contributed by atoms with Gasteiger partial charge in [0.2, 0.25) is 0 Å². The number of rotatable bonds is 5. The molecule has 0 N–H and O–H groups in total. The molecule has 5 nitrogen and oxygen atoms in total. The fourth-order valence-corrected chi connectivity index (χ4v) is 3.84. The molecule has 144 valence electrons. The summed E-state index contributed by atoms with van der Waals surface area (Å²) in [4.78, 5) is 4.71. The Labute approximate surface area is 164 Å². The van der Waals surface area contributed by atoms with Crippen LogP contribution in [0.4, 0.5) is 4.39 Å². The molecule has 3 heterocycles. The predicted molar refractivity (Wildman–Crippen MR) is 106 cm³/mol. The monoisotopic (exact) mass is 378 g/mol. The number of hydrogen-bond acceptors (Lipinski definition) is 4. The first-order valence-corrected chi connectivity index (χ1v) is 9.43. The lowest BCUT2D eigenvalue weighted by molar-refractivity contribution is 0.122. The zero-order chi connectivity index (χ0) is 19.5. The van der Waals surface area contributed by atoms with Crippen LogP contribution < -0.4 is 4.74 Å². The van der Waals surface area contributed by atoms with Crippen molar-refractivity contribution in [3.63, 3.8) is 0 Å². The van der Waals surface area contributed by atoms with Crippen molar-refractivity contribution in [3.05, 3.63) is 71.3 Å². The summed E-state index contributed by atoms with van der Waals surface area (Å²) in [6.45, 7) is 5.20. The SMILES string of the molecule is COc1ccc(CN2CCN(Cc3cn4ccccc4c3C#N)CC2)cc1F. The van der Waals surface area contributed by atoms with Crippen LogP contribution in [0, 0.1) is 17.1 Å². The highest BCUT2D eigenvalue weighted by atomic mass is 19.1. The van der Waals surface area contributed by atoms with E-state index in [1.807, 2.05) is 34.9 Å². The van der Waals surface area contributed by atoms with Crippen LogP contribution in [0.15, 0.2) is 48.8 Å². The lowest BCUT2D eigenvalue weighted by Gasteiger charge is -2.34. The van der Waals surface area contributed by atoms with Crippen LogP contribution in [0.2, 0.25) is 0 Å². The molecular weight excluding hydrogens is 355 g/mol. The Kier molecular flexibility index (Phi) is 5.29. The third-order valence-corrected chi connectivity index (χ3v) is 5.36. The summed E-state index contributed by atoms with van der Waals surface area (Å²) < 4.78 is 20.9. The van der Waals surface area contributed by atoms with Crippen molar-refractivity contribution in [2.45, 2.75) is 13.1 Å². The number of benzene rings is 1. The van der Waals surface area contributed by atoms with Gasteiger partial charge in [0.05, 0.1) is 18.2 Å². The summed E-state index contributed by atoms with van der Waals surface area (Å²) in [5, 5.41) is 9.57. The second-order valence-electron chi connectivity index (χ2n) is 7.16. The molecule has 0 unspecified atom stereocenters. The molecule has 6 heteroatoms. The van der Waals surface area contributed by atoms with Crippen LogP contribution in [0.25, 0.3) is 5.52 Å². The van der Waals surface area contributed by atoms with Gasteiger partial charge in [0.1, 0.15) is 6.07 Å². The van der Waals surface area contributed by atoms with Crippen molar-refractivity contribution >= 4 is 5.52 Å². The molecule has 0 atom stereocenters. The Balaban J connectivity index is 1.37. The summed E-state index contributed by atoms with van der Waals surface area (Å²) in [7, 11) is 1.48. The Morgan fingerprint density at radius 3 is 2.50 bits per heavy atom. The molecule has 1 aliphatic heterocycles. The maximum Gasteiger partial charge on any atom is 0.165 e. The van der Waals surface area contributed by atoms with E-state index < -0.39 is 0 Å². The average Bonchev–Trinajstić information content (AvgIpc) is 3.06. The first-order valence-electron chi connectivity index (χ1n) is 9.43. The van der Waals surface area contributed by atoms with Gasteiger partial charge >= 0.3 is 0 Å². The molecule has 0 saturated carbocycles. The van der Waals surface area contributed by atoms with Gasteiger partial charge in [0.15, 0.2) is 11.6 Å². The van der Waals surface area contributed by atoms with Gasteiger partial charge < -0.3 is 9.14 Å². The average molecular weight is 378 g/mol. The lowest BCUT2D eigenvalue weighted by atomic mass is 10.1. The smallest absolute Gasteiger partial charge is 0.165 e. The first-order chi connectivity index (χ1) is 13.7. The number of ether oxygens (including phenoxy) is 1. The molecule has 0 spiro atoms. The van der Waals surface area contributed by atoms with Gasteiger partial charge in [-0.1, -0.05) is 12.1 Å². The molecule has 0 amide bonds. The Morgan fingerprint density at radius 2 is 1.82 bits per heavy atom. The molecule has 28 heavy (non-hydrogen) atoms. The third-order valence-electron chi connectivity index (χ3n) is 5.36. The normalized spacial score (nSPS) is 15.6. The summed E-state index contributed by atoms with van der Waals surface area (Å²) in [6.07, 6.45) is 4.03. The van der Waals surface area contributed by atoms with E-state index in [2.05, 4.69) is 22.1 Å². The number of piperazine rings is 1. The van der Waals surface area contributed by atoms with E-state index in [0.717, 1.165) is 61.5 Å². The number of fused-ring (bicyclic) bond motifs is 1. The summed E-state index contributed by atoms with van der Waals surface area (Å²) >= 11 is 0. The highest BCUT2D eigenvalue weighted by Crippen LogP contribution is 2.21. The zero-order valence-corrected chi connectivity index (χ0v) is 15.9. The maximum atomic E-state index is 13.9. The van der Waals surface area contributed by atoms with E-state index in [4.69, 9.17) is 4.74 Å².